The monoisotopic (exact) mass is 610 g/mol. The maximum Gasteiger partial charge on any atom is 0.338 e. The molecule has 236 valence electrons. The lowest BCUT2D eigenvalue weighted by Gasteiger charge is -2.42. The maximum atomic E-state index is 12.5. The van der Waals surface area contributed by atoms with Crippen molar-refractivity contribution in [2.45, 2.75) is 74.4 Å². The molecule has 0 spiro atoms. The Kier molecular flexibility index (Phi) is 9.77. The van der Waals surface area contributed by atoms with Crippen LogP contribution in [0.25, 0.3) is 0 Å². The Morgan fingerprint density at radius 2 is 1.63 bits per heavy atom. The second-order valence-corrected chi connectivity index (χ2v) is 10.7. The first-order chi connectivity index (χ1) is 20.6. The summed E-state index contributed by atoms with van der Waals surface area (Å²) in [6.45, 7) is -0.990. The molecule has 43 heavy (non-hydrogen) atoms. The number of carbonyl (C=O) groups excluding carboxylic acids is 1. The fraction of sp³-hybridized carbons (Fsp3) is 0.571. The van der Waals surface area contributed by atoms with Gasteiger partial charge in [0.1, 0.15) is 49.3 Å². The Balaban J connectivity index is 1.30. The van der Waals surface area contributed by atoms with Crippen LogP contribution in [-0.4, -0.2) is 129 Å². The van der Waals surface area contributed by atoms with Gasteiger partial charge in [-0.15, -0.1) is 0 Å². The summed E-state index contributed by atoms with van der Waals surface area (Å²) in [6.07, 6.45) is -13.5. The zero-order valence-corrected chi connectivity index (χ0v) is 22.7. The van der Waals surface area contributed by atoms with Crippen molar-refractivity contribution < 1.29 is 73.8 Å². The average Bonchev–Trinajstić information content (AvgIpc) is 3.44. The van der Waals surface area contributed by atoms with E-state index >= 15 is 0 Å². The third-order valence-electron chi connectivity index (χ3n) is 7.91. The summed E-state index contributed by atoms with van der Waals surface area (Å²) >= 11 is 0. The molecule has 15 heteroatoms. The lowest BCUT2D eigenvalue weighted by molar-refractivity contribution is -0.339. The van der Waals surface area contributed by atoms with E-state index < -0.39 is 86.1 Å². The van der Waals surface area contributed by atoms with E-state index in [1.165, 1.54) is 0 Å². The molecule has 11 atom stereocenters. The van der Waals surface area contributed by atoms with Gasteiger partial charge in [-0.1, -0.05) is 18.2 Å². The molecule has 0 amide bonds. The minimum Gasteiger partial charge on any atom is -0.478 e. The van der Waals surface area contributed by atoms with Crippen LogP contribution in [0.1, 0.15) is 23.2 Å². The molecule has 0 saturated carbocycles. The Hall–Kier alpha value is -2.96. The number of benzene rings is 1. The van der Waals surface area contributed by atoms with Gasteiger partial charge in [-0.05, 0) is 30.5 Å². The third kappa shape index (κ3) is 6.61. The van der Waals surface area contributed by atoms with Gasteiger partial charge in [0.15, 0.2) is 12.6 Å². The van der Waals surface area contributed by atoms with E-state index in [4.69, 9.17) is 28.4 Å². The molecule has 2 fully saturated rings. The maximum absolute atomic E-state index is 12.5. The number of carboxylic acids is 1. The van der Waals surface area contributed by atoms with Crippen molar-refractivity contribution in [1.82, 2.24) is 0 Å². The van der Waals surface area contributed by atoms with Crippen LogP contribution in [0.4, 0.5) is 0 Å². The topological polar surface area (TPSA) is 231 Å². The largest absolute Gasteiger partial charge is 0.478 e. The van der Waals surface area contributed by atoms with Crippen molar-refractivity contribution in [3.63, 3.8) is 0 Å². The van der Waals surface area contributed by atoms with E-state index in [1.807, 2.05) is 0 Å². The normalized spacial score (nSPS) is 37.7. The van der Waals surface area contributed by atoms with Gasteiger partial charge in [0.25, 0.3) is 0 Å². The van der Waals surface area contributed by atoms with Crippen molar-refractivity contribution in [2.24, 2.45) is 5.92 Å². The fourth-order valence-electron chi connectivity index (χ4n) is 5.48. The van der Waals surface area contributed by atoms with E-state index in [1.54, 1.807) is 30.3 Å². The first-order valence-corrected chi connectivity index (χ1v) is 13.7. The van der Waals surface area contributed by atoms with Crippen LogP contribution >= 0.6 is 0 Å². The highest BCUT2D eigenvalue weighted by molar-refractivity contribution is 5.89. The summed E-state index contributed by atoms with van der Waals surface area (Å²) in [6, 6.07) is 8.30. The summed E-state index contributed by atoms with van der Waals surface area (Å²) < 4.78 is 33.2. The number of hydrogen-bond donors (Lipinski definition) is 7. The highest BCUT2D eigenvalue weighted by atomic mass is 16.8. The summed E-state index contributed by atoms with van der Waals surface area (Å²) in [5, 5.41) is 71.0. The number of aliphatic hydroxyl groups excluding tert-OH is 6. The number of carboxylic acid groups (broad SMARTS) is 1. The molecule has 0 aromatic heterocycles. The Morgan fingerprint density at radius 1 is 0.907 bits per heavy atom. The van der Waals surface area contributed by atoms with Crippen molar-refractivity contribution in [1.29, 1.82) is 0 Å². The summed E-state index contributed by atoms with van der Waals surface area (Å²) in [7, 11) is 0. The van der Waals surface area contributed by atoms with Gasteiger partial charge in [0.05, 0.1) is 30.6 Å². The summed E-state index contributed by atoms with van der Waals surface area (Å²) in [4.78, 5) is 24.4. The second kappa shape index (κ2) is 13.4. The molecular formula is C28H34O15. The standard InChI is InChI=1S/C28H34O15/c29-16-10-40-27(22(33)19(16)30)41-11-17-20(31)21(32)23(34)28(42-17)43-26-18-13(6-7-14(18)15(9-39-26)24(35)36)8-38-25(37)12-4-2-1-3-5-12/h1-5,9,14,16-17,19-23,26-34H,6-8,10-11H2,(H,35,36)/t14-,16-,17+,19-,20+,21+,22-,23-,26-,27-,28-/m0/s1. The van der Waals surface area contributed by atoms with Gasteiger partial charge >= 0.3 is 11.9 Å². The molecule has 1 aliphatic carbocycles. The number of carbonyl (C=O) groups is 2. The number of ether oxygens (including phenoxy) is 6. The van der Waals surface area contributed by atoms with Gasteiger partial charge in [-0.25, -0.2) is 9.59 Å². The van der Waals surface area contributed by atoms with Crippen LogP contribution in [0, 0.1) is 5.92 Å². The van der Waals surface area contributed by atoms with Crippen molar-refractivity contribution in [2.75, 3.05) is 19.8 Å². The number of aliphatic hydroxyl groups is 6. The van der Waals surface area contributed by atoms with E-state index in [-0.39, 0.29) is 18.8 Å². The van der Waals surface area contributed by atoms with Crippen LogP contribution in [-0.2, 0) is 33.2 Å². The Labute approximate surface area is 245 Å². The molecule has 0 bridgehead atoms. The second-order valence-electron chi connectivity index (χ2n) is 10.7. The SMILES string of the molecule is O=C(O)C1=CO[C@@H](O[C@@H]2O[C@H](CO[C@@H]3OC[C@H](O)[C@H](O)[C@@H]3O)[C@@H](O)[C@@H](O)[C@@H]2O)C2=C(COC(=O)c3ccccc3)CC[C@@H]12. The third-order valence-corrected chi connectivity index (χ3v) is 7.91. The van der Waals surface area contributed by atoms with Crippen LogP contribution < -0.4 is 0 Å². The van der Waals surface area contributed by atoms with E-state index in [0.717, 1.165) is 6.26 Å². The lowest BCUT2D eigenvalue weighted by Crippen LogP contribution is -2.61. The van der Waals surface area contributed by atoms with Crippen LogP contribution in [0.15, 0.2) is 53.3 Å². The molecule has 15 nitrogen and oxygen atoms in total. The van der Waals surface area contributed by atoms with Gasteiger partial charge in [0, 0.05) is 11.5 Å². The van der Waals surface area contributed by atoms with E-state index in [2.05, 4.69) is 0 Å². The molecular weight excluding hydrogens is 576 g/mol. The molecule has 3 aliphatic heterocycles. The molecule has 7 N–H and O–H groups in total. The number of fused-ring (bicyclic) bond motifs is 1. The summed E-state index contributed by atoms with van der Waals surface area (Å²) in [5.41, 5.74) is 1.22. The molecule has 4 aliphatic rings. The molecule has 1 aromatic carbocycles. The number of aliphatic carboxylic acids is 1. The smallest absolute Gasteiger partial charge is 0.338 e. The van der Waals surface area contributed by atoms with Crippen molar-refractivity contribution >= 4 is 11.9 Å². The number of rotatable bonds is 9. The fourth-order valence-corrected chi connectivity index (χ4v) is 5.48. The predicted molar refractivity (Wildman–Crippen MR) is 139 cm³/mol. The molecule has 0 unspecified atom stereocenters. The molecule has 5 rings (SSSR count). The zero-order valence-electron chi connectivity index (χ0n) is 22.7. The van der Waals surface area contributed by atoms with Crippen LogP contribution in [0.5, 0.6) is 0 Å². The first-order valence-electron chi connectivity index (χ1n) is 13.7. The minimum atomic E-state index is -1.77. The van der Waals surface area contributed by atoms with Crippen molar-refractivity contribution in [3.8, 4) is 0 Å². The molecule has 1 aromatic rings. The van der Waals surface area contributed by atoms with Gasteiger partial charge in [0.2, 0.25) is 6.29 Å². The first kappa shape index (κ1) is 31.5. The summed E-state index contributed by atoms with van der Waals surface area (Å²) in [5.74, 6) is -2.44. The van der Waals surface area contributed by atoms with E-state index in [0.29, 0.717) is 29.6 Å². The predicted octanol–water partition coefficient (Wildman–Crippen LogP) is -1.85. The zero-order chi connectivity index (χ0) is 30.8. The average molecular weight is 611 g/mol. The number of esters is 1. The van der Waals surface area contributed by atoms with Gasteiger partial charge in [-0.3, -0.25) is 0 Å². The lowest BCUT2D eigenvalue weighted by atomic mass is 9.90. The Morgan fingerprint density at radius 3 is 2.35 bits per heavy atom. The molecule has 2 saturated heterocycles. The molecule has 3 heterocycles. The molecule has 0 radical (unpaired) electrons. The highest BCUT2D eigenvalue weighted by Crippen LogP contribution is 2.44. The number of hydrogen-bond acceptors (Lipinski definition) is 14. The van der Waals surface area contributed by atoms with Crippen LogP contribution in [0.2, 0.25) is 0 Å². The van der Waals surface area contributed by atoms with Crippen molar-refractivity contribution in [3.05, 3.63) is 58.9 Å². The Bertz CT molecular complexity index is 1220. The van der Waals surface area contributed by atoms with Crippen LogP contribution in [0.3, 0.4) is 0 Å². The highest BCUT2D eigenvalue weighted by Gasteiger charge is 2.49. The van der Waals surface area contributed by atoms with Gasteiger partial charge < -0.3 is 64.2 Å². The quantitative estimate of drug-likeness (QED) is 0.120. The minimum absolute atomic E-state index is 0.0376. The van der Waals surface area contributed by atoms with E-state index in [9.17, 15) is 45.3 Å². The van der Waals surface area contributed by atoms with Gasteiger partial charge in [-0.2, -0.15) is 0 Å².